The fraction of sp³-hybridized carbons (Fsp3) is 0.833. The number of nitrogens with zero attached hydrogens (tertiary/aromatic N) is 2. The molecule has 1 fully saturated rings. The molecule has 104 valence electrons. The Balaban J connectivity index is 2.79. The van der Waals surface area contributed by atoms with Gasteiger partial charge in [-0.3, -0.25) is 9.69 Å². The van der Waals surface area contributed by atoms with E-state index in [1.807, 2.05) is 0 Å². The van der Waals surface area contributed by atoms with E-state index >= 15 is 0 Å². The molecule has 6 heteroatoms. The van der Waals surface area contributed by atoms with Crippen LogP contribution in [0.4, 0.5) is 4.79 Å². The van der Waals surface area contributed by atoms with Gasteiger partial charge in [0.2, 0.25) is 5.91 Å². The Hall–Kier alpha value is -1.30. The van der Waals surface area contributed by atoms with E-state index < -0.39 is 23.8 Å². The summed E-state index contributed by atoms with van der Waals surface area (Å²) < 4.78 is 5.24. The first-order chi connectivity index (χ1) is 8.11. The minimum Gasteiger partial charge on any atom is -0.444 e. The topological polar surface area (TPSA) is 70.1 Å². The van der Waals surface area contributed by atoms with Crippen molar-refractivity contribution in [1.29, 1.82) is 0 Å². The molecule has 2 atom stereocenters. The first-order valence-corrected chi connectivity index (χ1v) is 6.00. The fourth-order valence-electron chi connectivity index (χ4n) is 1.87. The molecule has 0 aromatic rings. The van der Waals surface area contributed by atoms with Crippen molar-refractivity contribution in [3.05, 3.63) is 0 Å². The van der Waals surface area contributed by atoms with Gasteiger partial charge in [0.05, 0.1) is 12.6 Å². The van der Waals surface area contributed by atoms with Crippen LogP contribution in [0.25, 0.3) is 0 Å². The quantitative estimate of drug-likeness (QED) is 0.741. The number of likely N-dealkylation sites (N-methyl/N-ethyl adjacent to an activating group) is 1. The molecule has 0 radical (unpaired) electrons. The van der Waals surface area contributed by atoms with Crippen molar-refractivity contribution in [2.45, 2.75) is 44.9 Å². The summed E-state index contributed by atoms with van der Waals surface area (Å²) in [7, 11) is 3.25. The van der Waals surface area contributed by atoms with Crippen LogP contribution in [0.15, 0.2) is 0 Å². The van der Waals surface area contributed by atoms with E-state index in [-0.39, 0.29) is 18.9 Å². The molecular weight excluding hydrogens is 236 g/mol. The Labute approximate surface area is 107 Å². The number of likely N-dealkylation sites (tertiary alicyclic amines) is 1. The maximum absolute atomic E-state index is 12.0. The molecule has 6 nitrogen and oxygen atoms in total. The summed E-state index contributed by atoms with van der Waals surface area (Å²) >= 11 is 0. The highest BCUT2D eigenvalue weighted by molar-refractivity contribution is 5.86. The van der Waals surface area contributed by atoms with E-state index in [4.69, 9.17) is 4.74 Å². The van der Waals surface area contributed by atoms with Gasteiger partial charge in [-0.05, 0) is 20.8 Å². The van der Waals surface area contributed by atoms with Crippen molar-refractivity contribution in [2.24, 2.45) is 0 Å². The Bertz CT molecular complexity index is 335. The molecule has 2 amide bonds. The zero-order chi connectivity index (χ0) is 14.1. The van der Waals surface area contributed by atoms with E-state index in [2.05, 4.69) is 0 Å². The Morgan fingerprint density at radius 3 is 2.33 bits per heavy atom. The van der Waals surface area contributed by atoms with Gasteiger partial charge in [-0.25, -0.2) is 4.79 Å². The van der Waals surface area contributed by atoms with Gasteiger partial charge in [-0.1, -0.05) is 0 Å². The number of aliphatic hydroxyl groups excluding tert-OH is 1. The SMILES string of the molecule is CN(C)C(=O)C1CC(O)CN1C(=O)OC(C)(C)C. The highest BCUT2D eigenvalue weighted by atomic mass is 16.6. The predicted molar refractivity (Wildman–Crippen MR) is 66.0 cm³/mol. The number of carbonyl (C=O) groups excluding carboxylic acids is 2. The second-order valence-electron chi connectivity index (χ2n) is 5.77. The lowest BCUT2D eigenvalue weighted by molar-refractivity contribution is -0.133. The van der Waals surface area contributed by atoms with E-state index in [0.717, 1.165) is 0 Å². The maximum Gasteiger partial charge on any atom is 0.411 e. The molecule has 0 aliphatic carbocycles. The first kappa shape index (κ1) is 14.8. The molecule has 0 bridgehead atoms. The molecule has 0 spiro atoms. The van der Waals surface area contributed by atoms with E-state index in [1.54, 1.807) is 34.9 Å². The minimum atomic E-state index is -0.675. The zero-order valence-corrected chi connectivity index (χ0v) is 11.6. The van der Waals surface area contributed by atoms with Crippen molar-refractivity contribution in [3.63, 3.8) is 0 Å². The molecule has 1 rings (SSSR count). The van der Waals surface area contributed by atoms with Crippen LogP contribution in [0, 0.1) is 0 Å². The third-order valence-electron chi connectivity index (χ3n) is 2.63. The number of ether oxygens (including phenoxy) is 1. The second-order valence-corrected chi connectivity index (χ2v) is 5.77. The standard InChI is InChI=1S/C12H22N2O4/c1-12(2,3)18-11(17)14-7-8(15)6-9(14)10(16)13(4)5/h8-9,15H,6-7H2,1-5H3. The molecule has 1 aliphatic heterocycles. The summed E-state index contributed by atoms with van der Waals surface area (Å²) in [6.07, 6.45) is -0.971. The van der Waals surface area contributed by atoms with Gasteiger partial charge >= 0.3 is 6.09 Å². The number of carbonyl (C=O) groups is 2. The minimum absolute atomic E-state index is 0.138. The van der Waals surface area contributed by atoms with Gasteiger partial charge in [0.1, 0.15) is 11.6 Å². The average molecular weight is 258 g/mol. The van der Waals surface area contributed by atoms with Gasteiger partial charge in [0, 0.05) is 20.5 Å². The Kier molecular flexibility index (Phi) is 4.21. The van der Waals surface area contributed by atoms with Gasteiger partial charge < -0.3 is 14.7 Å². The molecule has 18 heavy (non-hydrogen) atoms. The fourth-order valence-corrected chi connectivity index (χ4v) is 1.87. The lowest BCUT2D eigenvalue weighted by atomic mass is 10.2. The van der Waals surface area contributed by atoms with E-state index in [1.165, 1.54) is 9.80 Å². The summed E-state index contributed by atoms with van der Waals surface area (Å²) in [4.78, 5) is 26.6. The predicted octanol–water partition coefficient (Wildman–Crippen LogP) is 0.445. The van der Waals surface area contributed by atoms with Gasteiger partial charge in [-0.2, -0.15) is 0 Å². The van der Waals surface area contributed by atoms with E-state index in [0.29, 0.717) is 0 Å². The van der Waals surface area contributed by atoms with Crippen molar-refractivity contribution in [3.8, 4) is 0 Å². The zero-order valence-electron chi connectivity index (χ0n) is 11.6. The molecule has 1 saturated heterocycles. The molecule has 0 aromatic heterocycles. The molecule has 0 saturated carbocycles. The lowest BCUT2D eigenvalue weighted by Gasteiger charge is -2.28. The van der Waals surface area contributed by atoms with Gasteiger partial charge in [0.25, 0.3) is 0 Å². The average Bonchev–Trinajstić information content (AvgIpc) is 2.56. The summed E-state index contributed by atoms with van der Waals surface area (Å²) in [5.41, 5.74) is -0.615. The Morgan fingerprint density at radius 1 is 1.33 bits per heavy atom. The number of rotatable bonds is 1. The van der Waals surface area contributed by atoms with Crippen LogP contribution in [0.2, 0.25) is 0 Å². The van der Waals surface area contributed by atoms with Crippen molar-refractivity contribution >= 4 is 12.0 Å². The van der Waals surface area contributed by atoms with Crippen LogP contribution in [-0.2, 0) is 9.53 Å². The number of hydrogen-bond acceptors (Lipinski definition) is 4. The number of amides is 2. The normalized spacial score (nSPS) is 24.0. The monoisotopic (exact) mass is 258 g/mol. The van der Waals surface area contributed by atoms with Crippen LogP contribution in [0.3, 0.4) is 0 Å². The van der Waals surface area contributed by atoms with Crippen LogP contribution in [-0.4, -0.2) is 65.3 Å². The lowest BCUT2D eigenvalue weighted by Crippen LogP contribution is -2.47. The second kappa shape index (κ2) is 5.14. The van der Waals surface area contributed by atoms with Gasteiger partial charge in [0.15, 0.2) is 0 Å². The van der Waals surface area contributed by atoms with Crippen molar-refractivity contribution < 1.29 is 19.4 Å². The highest BCUT2D eigenvalue weighted by Gasteiger charge is 2.41. The third-order valence-corrected chi connectivity index (χ3v) is 2.63. The number of β-amino-alcohol motifs (C(OH)–C–C–N with tert-alkyl or cyclic N) is 1. The smallest absolute Gasteiger partial charge is 0.411 e. The van der Waals surface area contributed by atoms with Crippen LogP contribution in [0.1, 0.15) is 27.2 Å². The van der Waals surface area contributed by atoms with Gasteiger partial charge in [-0.15, -0.1) is 0 Å². The van der Waals surface area contributed by atoms with Crippen LogP contribution < -0.4 is 0 Å². The van der Waals surface area contributed by atoms with Crippen molar-refractivity contribution in [2.75, 3.05) is 20.6 Å². The number of hydrogen-bond donors (Lipinski definition) is 1. The summed E-state index contributed by atoms with van der Waals surface area (Å²) in [5, 5.41) is 9.63. The summed E-state index contributed by atoms with van der Waals surface area (Å²) in [5.74, 6) is -0.197. The highest BCUT2D eigenvalue weighted by Crippen LogP contribution is 2.22. The largest absolute Gasteiger partial charge is 0.444 e. The van der Waals surface area contributed by atoms with Crippen LogP contribution >= 0.6 is 0 Å². The van der Waals surface area contributed by atoms with Crippen molar-refractivity contribution in [1.82, 2.24) is 9.80 Å². The van der Waals surface area contributed by atoms with Crippen LogP contribution in [0.5, 0.6) is 0 Å². The molecular formula is C12H22N2O4. The molecule has 1 N–H and O–H groups in total. The first-order valence-electron chi connectivity index (χ1n) is 6.00. The molecule has 1 aliphatic rings. The Morgan fingerprint density at radius 2 is 1.89 bits per heavy atom. The molecule has 0 aromatic carbocycles. The molecule has 2 unspecified atom stereocenters. The van der Waals surface area contributed by atoms with E-state index in [9.17, 15) is 14.7 Å². The summed E-state index contributed by atoms with van der Waals surface area (Å²) in [6, 6.07) is -0.634. The number of aliphatic hydroxyl groups is 1. The maximum atomic E-state index is 12.0. The third kappa shape index (κ3) is 3.60. The summed E-state index contributed by atoms with van der Waals surface area (Å²) in [6.45, 7) is 5.43. The molecule has 1 heterocycles.